The molecule has 0 aromatic rings. The average molecular weight is 792 g/mol. The molecule has 0 aliphatic carbocycles. The van der Waals surface area contributed by atoms with Gasteiger partial charge in [-0.2, -0.15) is 0 Å². The lowest BCUT2D eigenvalue weighted by molar-refractivity contribution is -0.349. The first kappa shape index (κ1) is 47.1. The fourth-order valence-electron chi connectivity index (χ4n) is 6.64. The van der Waals surface area contributed by atoms with Gasteiger partial charge in [0, 0.05) is 13.5 Å². The molecule has 0 spiro atoms. The average Bonchev–Trinajstić information content (AvgIpc) is 3.14. The van der Waals surface area contributed by atoms with Crippen molar-refractivity contribution in [3.05, 3.63) is 0 Å². The van der Waals surface area contributed by atoms with Crippen molar-refractivity contribution in [1.29, 1.82) is 0 Å². The number of hydrogen-bond acceptors (Lipinski definition) is 20. The van der Waals surface area contributed by atoms with Crippen molar-refractivity contribution in [3.8, 4) is 0 Å². The van der Waals surface area contributed by atoms with E-state index in [4.69, 9.17) is 33.5 Å². The molecule has 14 N–H and O–H groups in total. The van der Waals surface area contributed by atoms with Crippen molar-refractivity contribution < 1.29 is 99.6 Å². The maximum absolute atomic E-state index is 11.6. The van der Waals surface area contributed by atoms with Gasteiger partial charge in [0.15, 0.2) is 12.6 Å². The third-order valence-corrected chi connectivity index (χ3v) is 9.93. The summed E-state index contributed by atoms with van der Waals surface area (Å²) in [5.41, 5.74) is 0. The molecule has 0 aromatic heterocycles. The summed E-state index contributed by atoms with van der Waals surface area (Å²) in [5.74, 6) is -0.810. The second-order valence-electron chi connectivity index (χ2n) is 14.5. The number of carbonyl (C=O) groups is 1. The molecule has 54 heavy (non-hydrogen) atoms. The Hall–Kier alpha value is -1.29. The van der Waals surface area contributed by atoms with E-state index in [-0.39, 0.29) is 25.6 Å². The molecule has 0 bridgehead atoms. The van der Waals surface area contributed by atoms with Crippen LogP contribution in [0.15, 0.2) is 0 Å². The number of aliphatic hydroxyl groups excluding tert-OH is 13. The van der Waals surface area contributed by atoms with Gasteiger partial charge < -0.3 is 100 Å². The van der Waals surface area contributed by atoms with Crippen molar-refractivity contribution in [2.45, 2.75) is 163 Å². The van der Waals surface area contributed by atoms with Gasteiger partial charge in [-0.25, -0.2) is 0 Å². The fourth-order valence-corrected chi connectivity index (χ4v) is 6.64. The van der Waals surface area contributed by atoms with Crippen molar-refractivity contribution in [2.24, 2.45) is 5.92 Å². The Morgan fingerprint density at radius 2 is 1.28 bits per heavy atom. The first-order valence-corrected chi connectivity index (χ1v) is 18.2. The number of carbonyl (C=O) groups excluding carboxylic acids is 1. The molecule has 21 nitrogen and oxygen atoms in total. The van der Waals surface area contributed by atoms with Gasteiger partial charge >= 0.3 is 0 Å². The lowest BCUT2D eigenvalue weighted by Crippen LogP contribution is -2.65. The van der Waals surface area contributed by atoms with Crippen LogP contribution in [0.1, 0.15) is 46.5 Å². The van der Waals surface area contributed by atoms with Crippen LogP contribution in [0.2, 0.25) is 0 Å². The first-order chi connectivity index (χ1) is 25.4. The zero-order chi connectivity index (χ0) is 40.4. The van der Waals surface area contributed by atoms with Gasteiger partial charge in [0.25, 0.3) is 0 Å². The van der Waals surface area contributed by atoms with E-state index in [9.17, 15) is 66.1 Å². The lowest BCUT2D eigenvalue weighted by Gasteiger charge is -2.47. The number of nitrogens with one attached hydrogen (secondary N) is 1. The summed E-state index contributed by atoms with van der Waals surface area (Å²) in [5, 5.41) is 136. The summed E-state index contributed by atoms with van der Waals surface area (Å²) in [6, 6.07) is -0.891. The van der Waals surface area contributed by atoms with Crippen LogP contribution in [-0.4, -0.2) is 222 Å². The van der Waals surface area contributed by atoms with Gasteiger partial charge in [0.2, 0.25) is 5.91 Å². The molecule has 19 unspecified atom stereocenters. The first-order valence-electron chi connectivity index (χ1n) is 18.2. The highest BCUT2D eigenvalue weighted by atomic mass is 16.7. The molecule has 0 aromatic carbocycles. The molecular weight excluding hydrogens is 730 g/mol. The van der Waals surface area contributed by atoms with Crippen LogP contribution in [0.25, 0.3) is 0 Å². The molecule has 3 saturated heterocycles. The predicted octanol–water partition coefficient (Wildman–Crippen LogP) is -6.70. The van der Waals surface area contributed by atoms with Crippen LogP contribution in [-0.2, 0) is 33.2 Å². The van der Waals surface area contributed by atoms with Crippen LogP contribution in [0.3, 0.4) is 0 Å². The number of hydrogen-bond donors (Lipinski definition) is 14. The standard InChI is InChI=1S/C33H61NO20/c1-13(2)30-29(48)31(54-33-28(47)25(44)22(41)17(10-36)52-33)24(43)19(51-30)12-50-32-27(46)26(45)23(42)18(53-32)11-49-8-6-4-5-7-15(34-14(3)37)20(39)21(40)16(38)9-35/h13,15-33,35-36,38-48H,4-12H2,1-3H3,(H,34,37). The van der Waals surface area contributed by atoms with Crippen LogP contribution in [0, 0.1) is 5.92 Å². The number of amides is 1. The highest BCUT2D eigenvalue weighted by molar-refractivity contribution is 5.73. The Bertz CT molecular complexity index is 1090. The Morgan fingerprint density at radius 1 is 0.685 bits per heavy atom. The summed E-state index contributed by atoms with van der Waals surface area (Å²) in [6.45, 7) is 2.59. The van der Waals surface area contributed by atoms with E-state index in [0.29, 0.717) is 19.3 Å². The molecular formula is C33H61NO20. The molecule has 21 heteroatoms. The van der Waals surface area contributed by atoms with E-state index in [1.807, 2.05) is 0 Å². The summed E-state index contributed by atoms with van der Waals surface area (Å²) < 4.78 is 34.0. The van der Waals surface area contributed by atoms with E-state index in [1.54, 1.807) is 13.8 Å². The largest absolute Gasteiger partial charge is 0.394 e. The smallest absolute Gasteiger partial charge is 0.217 e. The zero-order valence-corrected chi connectivity index (χ0v) is 30.6. The topological polar surface area (TPSA) is 347 Å². The van der Waals surface area contributed by atoms with Crippen LogP contribution < -0.4 is 5.32 Å². The van der Waals surface area contributed by atoms with Crippen LogP contribution in [0.4, 0.5) is 0 Å². The van der Waals surface area contributed by atoms with Crippen molar-refractivity contribution >= 4 is 5.91 Å². The van der Waals surface area contributed by atoms with Crippen LogP contribution >= 0.6 is 0 Å². The maximum Gasteiger partial charge on any atom is 0.217 e. The number of rotatable bonds is 20. The molecule has 3 heterocycles. The van der Waals surface area contributed by atoms with E-state index in [0.717, 1.165) is 0 Å². The Balaban J connectivity index is 1.53. The highest BCUT2D eigenvalue weighted by Gasteiger charge is 2.52. The predicted molar refractivity (Wildman–Crippen MR) is 179 cm³/mol. The molecule has 3 fully saturated rings. The monoisotopic (exact) mass is 791 g/mol. The molecule has 0 radical (unpaired) electrons. The minimum Gasteiger partial charge on any atom is -0.394 e. The van der Waals surface area contributed by atoms with Crippen LogP contribution in [0.5, 0.6) is 0 Å². The van der Waals surface area contributed by atoms with E-state index in [1.165, 1.54) is 6.92 Å². The zero-order valence-electron chi connectivity index (χ0n) is 30.6. The van der Waals surface area contributed by atoms with Crippen molar-refractivity contribution in [1.82, 2.24) is 5.32 Å². The minimum atomic E-state index is -1.81. The van der Waals surface area contributed by atoms with E-state index >= 15 is 0 Å². The number of ether oxygens (including phenoxy) is 6. The summed E-state index contributed by atoms with van der Waals surface area (Å²) in [6.07, 6.45) is -25.9. The Kier molecular flexibility index (Phi) is 19.2. The van der Waals surface area contributed by atoms with Gasteiger partial charge in [-0.05, 0) is 18.8 Å². The molecule has 3 aliphatic heterocycles. The van der Waals surface area contributed by atoms with Crippen molar-refractivity contribution in [2.75, 3.05) is 33.0 Å². The van der Waals surface area contributed by atoms with E-state index in [2.05, 4.69) is 5.32 Å². The minimum absolute atomic E-state index is 0.160. The van der Waals surface area contributed by atoms with Gasteiger partial charge in [0.05, 0.1) is 38.6 Å². The third kappa shape index (κ3) is 12.1. The van der Waals surface area contributed by atoms with Gasteiger partial charge in [-0.15, -0.1) is 0 Å². The maximum atomic E-state index is 11.6. The molecule has 0 saturated carbocycles. The lowest BCUT2D eigenvalue weighted by atomic mass is 9.89. The van der Waals surface area contributed by atoms with Gasteiger partial charge in [-0.1, -0.05) is 26.7 Å². The van der Waals surface area contributed by atoms with Crippen molar-refractivity contribution in [3.63, 3.8) is 0 Å². The number of unbranched alkanes of at least 4 members (excludes halogenated alkanes) is 2. The molecule has 1 amide bonds. The fraction of sp³-hybridized carbons (Fsp3) is 0.970. The summed E-state index contributed by atoms with van der Waals surface area (Å²) in [4.78, 5) is 11.6. The summed E-state index contributed by atoms with van der Waals surface area (Å²) in [7, 11) is 0. The second kappa shape index (κ2) is 22.0. The third-order valence-electron chi connectivity index (χ3n) is 9.93. The Labute approximate surface area is 312 Å². The van der Waals surface area contributed by atoms with E-state index < -0.39 is 142 Å². The highest BCUT2D eigenvalue weighted by Crippen LogP contribution is 2.32. The molecule has 3 rings (SSSR count). The summed E-state index contributed by atoms with van der Waals surface area (Å²) >= 11 is 0. The molecule has 19 atom stereocenters. The normalized spacial score (nSPS) is 39.9. The van der Waals surface area contributed by atoms with Gasteiger partial charge in [0.1, 0.15) is 91.6 Å². The quantitative estimate of drug-likeness (QED) is 0.0510. The van der Waals surface area contributed by atoms with Gasteiger partial charge in [-0.3, -0.25) is 4.79 Å². The number of aliphatic hydroxyl groups is 13. The Morgan fingerprint density at radius 3 is 1.87 bits per heavy atom. The second-order valence-corrected chi connectivity index (χ2v) is 14.5. The molecule has 3 aliphatic rings. The molecule has 318 valence electrons. The SMILES string of the molecule is CC(=O)NC(CCCCCOCC1OC(OCC2OC(C(C)C)C(O)C(OC3OC(CO)C(O)C(O)C3O)C2O)C(O)C(O)C1O)C(O)C(O)C(O)CO.